The van der Waals surface area contributed by atoms with Gasteiger partial charge in [-0.2, -0.15) is 0 Å². The molecular formula is C13H23NO. The Kier molecular flexibility index (Phi) is 3.32. The molecule has 0 aromatic carbocycles. The van der Waals surface area contributed by atoms with Gasteiger partial charge in [0, 0.05) is 20.0 Å². The molecule has 2 fully saturated rings. The highest BCUT2D eigenvalue weighted by Gasteiger charge is 2.32. The van der Waals surface area contributed by atoms with E-state index in [0.29, 0.717) is 0 Å². The summed E-state index contributed by atoms with van der Waals surface area (Å²) in [5.41, 5.74) is 0. The number of rotatable bonds is 1. The molecule has 86 valence electrons. The van der Waals surface area contributed by atoms with Crippen molar-refractivity contribution in [2.45, 2.75) is 46.0 Å². The first-order valence-electron chi connectivity index (χ1n) is 6.42. The van der Waals surface area contributed by atoms with E-state index < -0.39 is 0 Å². The quantitative estimate of drug-likeness (QED) is 0.650. The predicted molar refractivity (Wildman–Crippen MR) is 61.5 cm³/mol. The zero-order valence-corrected chi connectivity index (χ0v) is 10.0. The van der Waals surface area contributed by atoms with Crippen molar-refractivity contribution < 1.29 is 4.79 Å². The molecule has 2 aliphatic rings. The molecule has 2 nitrogen and oxygen atoms in total. The summed E-state index contributed by atoms with van der Waals surface area (Å²) in [6.07, 6.45) is 6.86. The first-order valence-corrected chi connectivity index (χ1v) is 6.42. The first-order chi connectivity index (χ1) is 7.16. The number of carbonyl (C=O) groups excluding carboxylic acids is 1. The lowest BCUT2D eigenvalue weighted by molar-refractivity contribution is -0.128. The van der Waals surface area contributed by atoms with E-state index in [4.69, 9.17) is 0 Å². The molecule has 2 heteroatoms. The summed E-state index contributed by atoms with van der Waals surface area (Å²) in [7, 11) is 0. The Bertz CT molecular complexity index is 231. The van der Waals surface area contributed by atoms with Crippen LogP contribution in [0.1, 0.15) is 46.0 Å². The van der Waals surface area contributed by atoms with E-state index in [-0.39, 0.29) is 5.91 Å². The van der Waals surface area contributed by atoms with Crippen LogP contribution in [0.25, 0.3) is 0 Å². The van der Waals surface area contributed by atoms with Crippen LogP contribution in [-0.2, 0) is 4.79 Å². The molecule has 0 aromatic heterocycles. The van der Waals surface area contributed by atoms with Crippen LogP contribution in [0.5, 0.6) is 0 Å². The second-order valence-electron chi connectivity index (χ2n) is 5.53. The maximum absolute atomic E-state index is 11.3. The Morgan fingerprint density at radius 2 is 1.73 bits per heavy atom. The predicted octanol–water partition coefficient (Wildman–Crippen LogP) is 2.68. The zero-order chi connectivity index (χ0) is 10.8. The fraction of sp³-hybridized carbons (Fsp3) is 0.923. The van der Waals surface area contributed by atoms with Gasteiger partial charge in [-0.15, -0.1) is 0 Å². The second-order valence-corrected chi connectivity index (χ2v) is 5.53. The highest BCUT2D eigenvalue weighted by Crippen LogP contribution is 2.37. The third kappa shape index (κ3) is 2.53. The van der Waals surface area contributed by atoms with Gasteiger partial charge in [-0.25, -0.2) is 0 Å². The third-order valence-corrected chi connectivity index (χ3v) is 4.40. The molecule has 1 amide bonds. The average molecular weight is 209 g/mol. The Balaban J connectivity index is 1.83. The van der Waals surface area contributed by atoms with Crippen molar-refractivity contribution in [3.05, 3.63) is 0 Å². The molecule has 0 unspecified atom stereocenters. The van der Waals surface area contributed by atoms with Crippen molar-refractivity contribution in [1.82, 2.24) is 4.90 Å². The number of hydrogen-bond acceptors (Lipinski definition) is 1. The van der Waals surface area contributed by atoms with E-state index in [0.717, 1.165) is 30.8 Å². The minimum atomic E-state index is 0.265. The monoisotopic (exact) mass is 209 g/mol. The van der Waals surface area contributed by atoms with Gasteiger partial charge in [0.15, 0.2) is 0 Å². The Hall–Kier alpha value is -0.530. The van der Waals surface area contributed by atoms with Gasteiger partial charge in [0.05, 0.1) is 0 Å². The number of likely N-dealkylation sites (tertiary alicyclic amines) is 1. The van der Waals surface area contributed by atoms with E-state index in [1.165, 1.54) is 32.1 Å². The van der Waals surface area contributed by atoms with Crippen LogP contribution in [0, 0.1) is 17.8 Å². The van der Waals surface area contributed by atoms with Crippen molar-refractivity contribution in [3.63, 3.8) is 0 Å². The average Bonchev–Trinajstić information content (AvgIpc) is 2.68. The van der Waals surface area contributed by atoms with Crippen molar-refractivity contribution in [2.75, 3.05) is 13.1 Å². The minimum Gasteiger partial charge on any atom is -0.343 e. The van der Waals surface area contributed by atoms with Crippen LogP contribution >= 0.6 is 0 Å². The molecular weight excluding hydrogens is 186 g/mol. The summed E-state index contributed by atoms with van der Waals surface area (Å²) >= 11 is 0. The molecule has 1 saturated carbocycles. The summed E-state index contributed by atoms with van der Waals surface area (Å²) in [4.78, 5) is 13.3. The van der Waals surface area contributed by atoms with Crippen LogP contribution in [0.3, 0.4) is 0 Å². The highest BCUT2D eigenvalue weighted by molar-refractivity contribution is 5.73. The fourth-order valence-corrected chi connectivity index (χ4v) is 3.22. The van der Waals surface area contributed by atoms with Crippen LogP contribution in [0.4, 0.5) is 0 Å². The minimum absolute atomic E-state index is 0.265. The third-order valence-electron chi connectivity index (χ3n) is 4.40. The second kappa shape index (κ2) is 4.54. The molecule has 1 heterocycles. The van der Waals surface area contributed by atoms with Crippen molar-refractivity contribution in [1.29, 1.82) is 0 Å². The van der Waals surface area contributed by atoms with Crippen LogP contribution in [0.15, 0.2) is 0 Å². The molecule has 1 aliphatic carbocycles. The highest BCUT2D eigenvalue weighted by atomic mass is 16.2. The van der Waals surface area contributed by atoms with E-state index in [1.54, 1.807) is 6.92 Å². The van der Waals surface area contributed by atoms with Gasteiger partial charge in [-0.3, -0.25) is 4.79 Å². The number of carbonyl (C=O) groups is 1. The summed E-state index contributed by atoms with van der Waals surface area (Å²) in [6.45, 7) is 6.11. The van der Waals surface area contributed by atoms with Crippen LogP contribution in [-0.4, -0.2) is 23.9 Å². The number of hydrogen-bond donors (Lipinski definition) is 0. The summed E-state index contributed by atoms with van der Waals surface area (Å²) in [6, 6.07) is 0. The molecule has 0 spiro atoms. The molecule has 0 radical (unpaired) electrons. The summed E-state index contributed by atoms with van der Waals surface area (Å²) in [5, 5.41) is 0. The lowest BCUT2D eigenvalue weighted by Gasteiger charge is -2.30. The topological polar surface area (TPSA) is 20.3 Å². The SMILES string of the molecule is CC(=O)N1CC[C@@H](C2CCC(C)CC2)C1. The van der Waals surface area contributed by atoms with E-state index in [9.17, 15) is 4.79 Å². The van der Waals surface area contributed by atoms with E-state index >= 15 is 0 Å². The molecule has 2 rings (SSSR count). The number of nitrogens with zero attached hydrogens (tertiary/aromatic N) is 1. The summed E-state index contributed by atoms with van der Waals surface area (Å²) in [5.74, 6) is 2.92. The molecule has 1 aliphatic heterocycles. The maximum Gasteiger partial charge on any atom is 0.219 e. The fourth-order valence-electron chi connectivity index (χ4n) is 3.22. The number of amides is 1. The lowest BCUT2D eigenvalue weighted by Crippen LogP contribution is -2.28. The molecule has 1 atom stereocenters. The Morgan fingerprint density at radius 3 is 2.27 bits per heavy atom. The molecule has 1 saturated heterocycles. The van der Waals surface area contributed by atoms with Gasteiger partial charge in [0.2, 0.25) is 5.91 Å². The summed E-state index contributed by atoms with van der Waals surface area (Å²) < 4.78 is 0. The standard InChI is InChI=1S/C13H23NO/c1-10-3-5-12(6-4-10)13-7-8-14(9-13)11(2)15/h10,12-13H,3-9H2,1-2H3/t10?,12?,13-/m1/s1. The molecule has 0 bridgehead atoms. The van der Waals surface area contributed by atoms with Crippen LogP contribution < -0.4 is 0 Å². The van der Waals surface area contributed by atoms with Gasteiger partial charge < -0.3 is 4.90 Å². The Morgan fingerprint density at radius 1 is 1.07 bits per heavy atom. The van der Waals surface area contributed by atoms with Gasteiger partial charge in [-0.05, 0) is 37.0 Å². The molecule has 15 heavy (non-hydrogen) atoms. The van der Waals surface area contributed by atoms with Gasteiger partial charge in [-0.1, -0.05) is 19.8 Å². The maximum atomic E-state index is 11.3. The van der Waals surface area contributed by atoms with Gasteiger partial charge >= 0.3 is 0 Å². The van der Waals surface area contributed by atoms with Gasteiger partial charge in [0.1, 0.15) is 0 Å². The molecule has 0 aromatic rings. The largest absolute Gasteiger partial charge is 0.343 e. The zero-order valence-electron chi connectivity index (χ0n) is 10.0. The van der Waals surface area contributed by atoms with Gasteiger partial charge in [0.25, 0.3) is 0 Å². The van der Waals surface area contributed by atoms with E-state index in [1.807, 2.05) is 4.90 Å². The van der Waals surface area contributed by atoms with Crippen molar-refractivity contribution in [2.24, 2.45) is 17.8 Å². The van der Waals surface area contributed by atoms with Crippen molar-refractivity contribution >= 4 is 5.91 Å². The first kappa shape index (κ1) is 11.0. The lowest BCUT2D eigenvalue weighted by atomic mass is 9.76. The normalized spacial score (nSPS) is 36.9. The van der Waals surface area contributed by atoms with Crippen LogP contribution in [0.2, 0.25) is 0 Å². The Labute approximate surface area is 93.0 Å². The van der Waals surface area contributed by atoms with E-state index in [2.05, 4.69) is 6.92 Å². The smallest absolute Gasteiger partial charge is 0.219 e. The van der Waals surface area contributed by atoms with Crippen molar-refractivity contribution in [3.8, 4) is 0 Å². The molecule has 0 N–H and O–H groups in total.